The van der Waals surface area contributed by atoms with Crippen molar-refractivity contribution in [1.29, 1.82) is 0 Å². The molecule has 0 saturated carbocycles. The minimum atomic E-state index is -0.182. The van der Waals surface area contributed by atoms with Gasteiger partial charge in [0.15, 0.2) is 0 Å². The summed E-state index contributed by atoms with van der Waals surface area (Å²) in [6.07, 6.45) is 1.75. The zero-order valence-corrected chi connectivity index (χ0v) is 13.3. The summed E-state index contributed by atoms with van der Waals surface area (Å²) in [6.45, 7) is 6.27. The zero-order valence-electron chi connectivity index (χ0n) is 13.3. The average Bonchev–Trinajstić information content (AvgIpc) is 2.99. The lowest BCUT2D eigenvalue weighted by molar-refractivity contribution is 0.0896. The number of rotatable bonds is 3. The van der Waals surface area contributed by atoms with Crippen molar-refractivity contribution in [3.8, 4) is 11.1 Å². The lowest BCUT2D eigenvalue weighted by Crippen LogP contribution is -2.37. The van der Waals surface area contributed by atoms with E-state index in [4.69, 9.17) is 0 Å². The van der Waals surface area contributed by atoms with Gasteiger partial charge in [0.2, 0.25) is 0 Å². The van der Waals surface area contributed by atoms with E-state index < -0.39 is 0 Å². The second kappa shape index (κ2) is 4.65. The number of carbonyl (C=O) groups excluding carboxylic acids is 1. The fourth-order valence-electron chi connectivity index (χ4n) is 2.95. The van der Waals surface area contributed by atoms with Gasteiger partial charge in [0.1, 0.15) is 11.2 Å². The van der Waals surface area contributed by atoms with E-state index in [1.54, 1.807) is 6.20 Å². The number of benzene rings is 1. The maximum absolute atomic E-state index is 12.8. The van der Waals surface area contributed by atoms with E-state index >= 15 is 0 Å². The monoisotopic (exact) mass is 306 g/mol. The van der Waals surface area contributed by atoms with Crippen LogP contribution in [-0.2, 0) is 0 Å². The summed E-state index contributed by atoms with van der Waals surface area (Å²) in [5.41, 5.74) is 4.43. The highest BCUT2D eigenvalue weighted by Gasteiger charge is 2.31. The molecule has 0 saturated heterocycles. The van der Waals surface area contributed by atoms with Gasteiger partial charge in [-0.05, 0) is 35.2 Å². The number of pyridine rings is 1. The van der Waals surface area contributed by atoms with Gasteiger partial charge in [-0.2, -0.15) is 5.10 Å². The molecular weight excluding hydrogens is 288 g/mol. The van der Waals surface area contributed by atoms with Gasteiger partial charge in [0.25, 0.3) is 5.91 Å². The highest BCUT2D eigenvalue weighted by Crippen LogP contribution is 2.43. The first kappa shape index (κ1) is 13.9. The van der Waals surface area contributed by atoms with Crippen molar-refractivity contribution in [1.82, 2.24) is 20.5 Å². The molecule has 2 aliphatic rings. The number of aromatic nitrogens is 3. The standard InChI is InChI=1S/C18H18N4O/c1-18(2,3)16(13-6-4-5-7-19-13)20-17(23)15-12-9-10-8-11(10)14(12)21-22-15/h4-9,16H,1-3H3,(H,20,23)(H,21,22)/t16-/m1/s1. The summed E-state index contributed by atoms with van der Waals surface area (Å²) in [5.74, 6) is -0.150. The zero-order chi connectivity index (χ0) is 16.2. The molecule has 23 heavy (non-hydrogen) atoms. The van der Waals surface area contributed by atoms with Crippen molar-refractivity contribution in [2.45, 2.75) is 26.8 Å². The highest BCUT2D eigenvalue weighted by molar-refractivity contribution is 6.14. The lowest BCUT2D eigenvalue weighted by atomic mass is 9.84. The summed E-state index contributed by atoms with van der Waals surface area (Å²) >= 11 is 0. The molecule has 2 aromatic heterocycles. The van der Waals surface area contributed by atoms with Gasteiger partial charge in [0.05, 0.1) is 11.7 Å². The quantitative estimate of drug-likeness (QED) is 0.609. The van der Waals surface area contributed by atoms with Crippen LogP contribution < -0.4 is 5.32 Å². The van der Waals surface area contributed by atoms with Crippen LogP contribution >= 0.6 is 0 Å². The van der Waals surface area contributed by atoms with Crippen LogP contribution in [0.3, 0.4) is 0 Å². The normalized spacial score (nSPS) is 13.9. The Hall–Kier alpha value is -2.69. The maximum Gasteiger partial charge on any atom is 0.270 e. The fourth-order valence-corrected chi connectivity index (χ4v) is 2.95. The van der Waals surface area contributed by atoms with Gasteiger partial charge >= 0.3 is 0 Å². The second-order valence-corrected chi connectivity index (χ2v) is 7.05. The largest absolute Gasteiger partial charge is 0.342 e. The smallest absolute Gasteiger partial charge is 0.270 e. The molecule has 5 nitrogen and oxygen atoms in total. The van der Waals surface area contributed by atoms with Gasteiger partial charge in [0, 0.05) is 17.1 Å². The number of hydrogen-bond donors (Lipinski definition) is 2. The van der Waals surface area contributed by atoms with E-state index in [9.17, 15) is 4.79 Å². The minimum absolute atomic E-state index is 0.150. The fraction of sp³-hybridized carbons (Fsp3) is 0.278. The first-order valence-electron chi connectivity index (χ1n) is 7.69. The third kappa shape index (κ3) is 2.29. The molecule has 2 heterocycles. The molecule has 1 atom stereocenters. The van der Waals surface area contributed by atoms with Crippen LogP contribution in [0.15, 0.2) is 36.5 Å². The molecular formula is C18H18N4O. The van der Waals surface area contributed by atoms with Gasteiger partial charge < -0.3 is 5.32 Å². The molecule has 0 aliphatic heterocycles. The number of nitrogens with one attached hydrogen (secondary N) is 2. The molecule has 2 aliphatic carbocycles. The average molecular weight is 306 g/mol. The molecule has 4 rings (SSSR count). The van der Waals surface area contributed by atoms with Crippen molar-refractivity contribution in [2.75, 3.05) is 0 Å². The third-order valence-corrected chi connectivity index (χ3v) is 4.24. The van der Waals surface area contributed by atoms with E-state index in [0.717, 1.165) is 22.2 Å². The van der Waals surface area contributed by atoms with Crippen molar-refractivity contribution in [2.24, 2.45) is 5.41 Å². The van der Waals surface area contributed by atoms with Crippen LogP contribution in [0.25, 0.3) is 22.0 Å². The number of aromatic amines is 1. The lowest BCUT2D eigenvalue weighted by Gasteiger charge is -2.30. The summed E-state index contributed by atoms with van der Waals surface area (Å²) in [7, 11) is 0. The number of H-pyrrole nitrogens is 1. The number of nitrogens with zero attached hydrogens (tertiary/aromatic N) is 2. The van der Waals surface area contributed by atoms with E-state index in [0.29, 0.717) is 5.69 Å². The van der Waals surface area contributed by atoms with Gasteiger partial charge in [-0.3, -0.25) is 14.9 Å². The number of fused-ring (bicyclic) bond motifs is 3. The van der Waals surface area contributed by atoms with Crippen molar-refractivity contribution in [3.05, 3.63) is 47.9 Å². The highest BCUT2D eigenvalue weighted by atomic mass is 16.2. The predicted octanol–water partition coefficient (Wildman–Crippen LogP) is 3.46. The number of carbonyl (C=O) groups is 1. The second-order valence-electron chi connectivity index (χ2n) is 7.05. The Morgan fingerprint density at radius 2 is 2.09 bits per heavy atom. The van der Waals surface area contributed by atoms with Gasteiger partial charge in [-0.25, -0.2) is 0 Å². The Kier molecular flexibility index (Phi) is 2.82. The van der Waals surface area contributed by atoms with Crippen LogP contribution in [0.1, 0.15) is 43.0 Å². The van der Waals surface area contributed by atoms with Crippen LogP contribution in [0.2, 0.25) is 0 Å². The summed E-state index contributed by atoms with van der Waals surface area (Å²) in [5, 5.41) is 11.1. The van der Waals surface area contributed by atoms with E-state index in [-0.39, 0.29) is 17.4 Å². The molecule has 116 valence electrons. The van der Waals surface area contributed by atoms with Crippen molar-refractivity contribution < 1.29 is 4.79 Å². The topological polar surface area (TPSA) is 70.7 Å². The molecule has 0 fully saturated rings. The molecule has 0 aromatic carbocycles. The Morgan fingerprint density at radius 1 is 1.26 bits per heavy atom. The van der Waals surface area contributed by atoms with Crippen LogP contribution in [0.4, 0.5) is 0 Å². The first-order chi connectivity index (χ1) is 10.9. The maximum atomic E-state index is 12.8. The van der Waals surface area contributed by atoms with Gasteiger partial charge in [-0.1, -0.05) is 26.8 Å². The third-order valence-electron chi connectivity index (χ3n) is 4.24. The summed E-state index contributed by atoms with van der Waals surface area (Å²) in [6, 6.07) is 9.64. The Balaban J connectivity index is 1.66. The molecule has 0 bridgehead atoms. The van der Waals surface area contributed by atoms with Crippen LogP contribution in [0.5, 0.6) is 0 Å². The Morgan fingerprint density at radius 3 is 2.78 bits per heavy atom. The van der Waals surface area contributed by atoms with E-state index in [2.05, 4.69) is 47.3 Å². The molecule has 1 amide bonds. The molecule has 0 unspecified atom stereocenters. The van der Waals surface area contributed by atoms with Crippen LogP contribution in [0, 0.1) is 5.41 Å². The molecule has 5 heteroatoms. The molecule has 2 aromatic rings. The number of amides is 1. The summed E-state index contributed by atoms with van der Waals surface area (Å²) in [4.78, 5) is 17.2. The molecule has 2 N–H and O–H groups in total. The SMILES string of the molecule is CC(C)(C)[C@H](NC(=O)c1[nH]nc2c3cc-3cc12)c1ccccn1. The Bertz CT molecular complexity index is 906. The van der Waals surface area contributed by atoms with E-state index in [1.807, 2.05) is 24.3 Å². The number of hydrogen-bond acceptors (Lipinski definition) is 3. The van der Waals surface area contributed by atoms with Gasteiger partial charge in [-0.15, -0.1) is 0 Å². The molecule has 0 spiro atoms. The van der Waals surface area contributed by atoms with Crippen molar-refractivity contribution >= 4 is 16.8 Å². The predicted molar refractivity (Wildman–Crippen MR) is 89.0 cm³/mol. The Labute approximate surface area is 134 Å². The molecule has 0 radical (unpaired) electrons. The first-order valence-corrected chi connectivity index (χ1v) is 7.69. The van der Waals surface area contributed by atoms with Crippen LogP contribution in [-0.4, -0.2) is 21.1 Å². The van der Waals surface area contributed by atoms with Crippen molar-refractivity contribution in [3.63, 3.8) is 0 Å². The van der Waals surface area contributed by atoms with E-state index in [1.165, 1.54) is 5.56 Å². The summed E-state index contributed by atoms with van der Waals surface area (Å²) < 4.78 is 0. The minimum Gasteiger partial charge on any atom is -0.342 e.